The van der Waals surface area contributed by atoms with Gasteiger partial charge in [-0.25, -0.2) is 4.79 Å². The van der Waals surface area contributed by atoms with E-state index in [-0.39, 0.29) is 11.9 Å². The summed E-state index contributed by atoms with van der Waals surface area (Å²) in [5, 5.41) is 3.42. The van der Waals surface area contributed by atoms with Gasteiger partial charge < -0.3 is 10.1 Å². The number of nitrogens with zero attached hydrogens (tertiary/aromatic N) is 1. The molecule has 5 nitrogen and oxygen atoms in total. The number of amides is 2. The Balaban J connectivity index is 2.39. The van der Waals surface area contributed by atoms with E-state index >= 15 is 0 Å². The average Bonchev–Trinajstić information content (AvgIpc) is 2.34. The Hall–Kier alpha value is -1.75. The lowest BCUT2D eigenvalue weighted by Crippen LogP contribution is -2.57. The zero-order valence-corrected chi connectivity index (χ0v) is 14.9. The van der Waals surface area contributed by atoms with E-state index in [1.54, 1.807) is 26.8 Å². The average molecular weight is 339 g/mol. The number of piperazine rings is 1. The summed E-state index contributed by atoms with van der Waals surface area (Å²) in [7, 11) is 0. The zero-order valence-electron chi connectivity index (χ0n) is 14.1. The highest BCUT2D eigenvalue weighted by Gasteiger charge is 2.39. The lowest BCUT2D eigenvalue weighted by molar-refractivity contribution is -0.130. The number of hydrogen-bond donors (Lipinski definition) is 1. The molecule has 0 bridgehead atoms. The van der Waals surface area contributed by atoms with E-state index < -0.39 is 17.7 Å². The Morgan fingerprint density at radius 3 is 2.57 bits per heavy atom. The van der Waals surface area contributed by atoms with Crippen molar-refractivity contribution in [1.82, 2.24) is 10.2 Å². The highest BCUT2D eigenvalue weighted by molar-refractivity contribution is 6.30. The van der Waals surface area contributed by atoms with E-state index in [9.17, 15) is 9.59 Å². The second kappa shape index (κ2) is 6.40. The molecule has 126 valence electrons. The standard InChI is InChI=1S/C17H23ClN2O3/c1-10-6-12(8-13(18)7-10)14-15(21)19-11(2)9-20(14)16(22)23-17(3,4)5/h6-8,11,14H,9H2,1-5H3,(H,19,21). The van der Waals surface area contributed by atoms with Gasteiger partial charge in [-0.05, 0) is 57.9 Å². The first-order valence-electron chi connectivity index (χ1n) is 7.64. The molecule has 0 saturated carbocycles. The molecule has 1 aromatic rings. The summed E-state index contributed by atoms with van der Waals surface area (Å²) in [6.07, 6.45) is -0.498. The topological polar surface area (TPSA) is 58.6 Å². The molecular weight excluding hydrogens is 316 g/mol. The summed E-state index contributed by atoms with van der Waals surface area (Å²) in [5.41, 5.74) is 0.997. The van der Waals surface area contributed by atoms with Crippen molar-refractivity contribution in [2.45, 2.75) is 52.3 Å². The molecule has 0 spiro atoms. The van der Waals surface area contributed by atoms with Crippen LogP contribution in [0.25, 0.3) is 0 Å². The Bertz CT molecular complexity index is 605. The number of halogens is 1. The number of aryl methyl sites for hydroxylation is 1. The quantitative estimate of drug-likeness (QED) is 0.853. The molecule has 2 atom stereocenters. The first-order chi connectivity index (χ1) is 10.6. The zero-order chi connectivity index (χ0) is 17.4. The maximum atomic E-state index is 12.5. The van der Waals surface area contributed by atoms with Crippen molar-refractivity contribution in [3.63, 3.8) is 0 Å². The van der Waals surface area contributed by atoms with E-state index in [4.69, 9.17) is 16.3 Å². The van der Waals surface area contributed by atoms with Crippen LogP contribution in [-0.4, -0.2) is 35.1 Å². The fourth-order valence-corrected chi connectivity index (χ4v) is 2.96. The minimum absolute atomic E-state index is 0.133. The molecule has 2 unspecified atom stereocenters. The molecule has 1 N–H and O–H groups in total. The van der Waals surface area contributed by atoms with Crippen LogP contribution in [0.1, 0.15) is 44.9 Å². The molecule has 23 heavy (non-hydrogen) atoms. The maximum Gasteiger partial charge on any atom is 0.411 e. The summed E-state index contributed by atoms with van der Waals surface area (Å²) < 4.78 is 5.46. The van der Waals surface area contributed by atoms with Gasteiger partial charge in [0.25, 0.3) is 0 Å². The van der Waals surface area contributed by atoms with Gasteiger partial charge in [0, 0.05) is 17.6 Å². The van der Waals surface area contributed by atoms with Gasteiger partial charge >= 0.3 is 6.09 Å². The molecule has 2 rings (SSSR count). The molecule has 1 aromatic carbocycles. The molecule has 1 fully saturated rings. The van der Waals surface area contributed by atoms with Gasteiger partial charge in [0.2, 0.25) is 5.91 Å². The van der Waals surface area contributed by atoms with Crippen molar-refractivity contribution in [3.8, 4) is 0 Å². The van der Waals surface area contributed by atoms with Gasteiger partial charge in [-0.1, -0.05) is 17.7 Å². The summed E-state index contributed by atoms with van der Waals surface area (Å²) in [6, 6.07) is 4.52. The minimum atomic E-state index is -0.738. The number of carbonyl (C=O) groups excluding carboxylic acids is 2. The predicted octanol–water partition coefficient (Wildman–Crippen LogP) is 3.44. The Morgan fingerprint density at radius 1 is 1.35 bits per heavy atom. The van der Waals surface area contributed by atoms with Gasteiger partial charge in [-0.3, -0.25) is 9.69 Å². The van der Waals surface area contributed by atoms with Crippen LogP contribution in [0.5, 0.6) is 0 Å². The van der Waals surface area contributed by atoms with Gasteiger partial charge in [0.1, 0.15) is 11.6 Å². The number of hydrogen-bond acceptors (Lipinski definition) is 3. The van der Waals surface area contributed by atoms with Gasteiger partial charge in [-0.15, -0.1) is 0 Å². The lowest BCUT2D eigenvalue weighted by atomic mass is 9.99. The van der Waals surface area contributed by atoms with Crippen LogP contribution in [0.4, 0.5) is 4.79 Å². The van der Waals surface area contributed by atoms with Crippen LogP contribution in [0.3, 0.4) is 0 Å². The van der Waals surface area contributed by atoms with Crippen LogP contribution < -0.4 is 5.32 Å². The van der Waals surface area contributed by atoms with E-state index in [0.717, 1.165) is 5.56 Å². The Labute approximate surface area is 141 Å². The number of ether oxygens (including phenoxy) is 1. The summed E-state index contributed by atoms with van der Waals surface area (Å²) in [4.78, 5) is 26.5. The predicted molar refractivity (Wildman–Crippen MR) is 89.5 cm³/mol. The van der Waals surface area contributed by atoms with Gasteiger partial charge in [-0.2, -0.15) is 0 Å². The van der Waals surface area contributed by atoms with Gasteiger partial charge in [0.05, 0.1) is 0 Å². The minimum Gasteiger partial charge on any atom is -0.444 e. The highest BCUT2D eigenvalue weighted by atomic mass is 35.5. The number of rotatable bonds is 1. The van der Waals surface area contributed by atoms with Crippen LogP contribution in [0.2, 0.25) is 5.02 Å². The molecule has 6 heteroatoms. The maximum absolute atomic E-state index is 12.5. The third-order valence-electron chi connectivity index (χ3n) is 3.43. The molecule has 0 aliphatic carbocycles. The number of nitrogens with one attached hydrogen (secondary N) is 1. The first-order valence-corrected chi connectivity index (χ1v) is 8.02. The van der Waals surface area contributed by atoms with Crippen LogP contribution in [-0.2, 0) is 9.53 Å². The van der Waals surface area contributed by atoms with Crippen molar-refractivity contribution in [1.29, 1.82) is 0 Å². The molecule has 1 aliphatic rings. The second-order valence-electron chi connectivity index (χ2n) is 7.01. The van der Waals surface area contributed by atoms with Crippen LogP contribution in [0.15, 0.2) is 18.2 Å². The monoisotopic (exact) mass is 338 g/mol. The Morgan fingerprint density at radius 2 is 2.00 bits per heavy atom. The normalized spacial score (nSPS) is 21.8. The SMILES string of the molecule is Cc1cc(Cl)cc(C2C(=O)NC(C)CN2C(=O)OC(C)(C)C)c1. The van der Waals surface area contributed by atoms with E-state index in [2.05, 4.69) is 5.32 Å². The van der Waals surface area contributed by atoms with Crippen molar-refractivity contribution in [2.24, 2.45) is 0 Å². The molecule has 0 aromatic heterocycles. The van der Waals surface area contributed by atoms with Crippen molar-refractivity contribution >= 4 is 23.6 Å². The van der Waals surface area contributed by atoms with E-state index in [1.165, 1.54) is 4.90 Å². The Kier molecular flexibility index (Phi) is 4.90. The molecule has 1 heterocycles. The van der Waals surface area contributed by atoms with Crippen molar-refractivity contribution in [2.75, 3.05) is 6.54 Å². The summed E-state index contributed by atoms with van der Waals surface area (Å²) in [6.45, 7) is 9.55. The lowest BCUT2D eigenvalue weighted by Gasteiger charge is -2.39. The van der Waals surface area contributed by atoms with E-state index in [1.807, 2.05) is 26.0 Å². The summed E-state index contributed by atoms with van der Waals surface area (Å²) >= 11 is 6.11. The fourth-order valence-electron chi connectivity index (χ4n) is 2.66. The number of carbonyl (C=O) groups is 2. The van der Waals surface area contributed by atoms with Crippen molar-refractivity contribution in [3.05, 3.63) is 34.3 Å². The number of benzene rings is 1. The smallest absolute Gasteiger partial charge is 0.411 e. The largest absolute Gasteiger partial charge is 0.444 e. The van der Waals surface area contributed by atoms with Gasteiger partial charge in [0.15, 0.2) is 0 Å². The van der Waals surface area contributed by atoms with Crippen LogP contribution >= 0.6 is 11.6 Å². The summed E-state index contributed by atoms with van der Waals surface area (Å²) in [5.74, 6) is -0.226. The molecule has 2 amide bonds. The third-order valence-corrected chi connectivity index (χ3v) is 3.65. The molecule has 1 saturated heterocycles. The van der Waals surface area contributed by atoms with E-state index in [0.29, 0.717) is 17.1 Å². The highest BCUT2D eigenvalue weighted by Crippen LogP contribution is 2.29. The molecule has 1 aliphatic heterocycles. The fraction of sp³-hybridized carbons (Fsp3) is 0.529. The second-order valence-corrected chi connectivity index (χ2v) is 7.44. The first kappa shape index (κ1) is 17.6. The molecular formula is C17H23ClN2O3. The third kappa shape index (κ3) is 4.38. The van der Waals surface area contributed by atoms with Crippen LogP contribution in [0, 0.1) is 6.92 Å². The molecule has 0 radical (unpaired) electrons. The van der Waals surface area contributed by atoms with Crippen molar-refractivity contribution < 1.29 is 14.3 Å².